The van der Waals surface area contributed by atoms with Crippen LogP contribution < -0.4 is 10.5 Å². The number of aromatic nitrogens is 3. The minimum atomic E-state index is -0.833. The summed E-state index contributed by atoms with van der Waals surface area (Å²) in [4.78, 5) is 9.00. The van der Waals surface area contributed by atoms with Gasteiger partial charge in [-0.2, -0.15) is 0 Å². The Kier molecular flexibility index (Phi) is 8.14. The molecule has 1 heterocycles. The molecule has 0 radical (unpaired) electrons. The van der Waals surface area contributed by atoms with Crippen molar-refractivity contribution in [2.24, 2.45) is 12.8 Å². The van der Waals surface area contributed by atoms with Crippen molar-refractivity contribution in [2.75, 3.05) is 13.7 Å². The van der Waals surface area contributed by atoms with E-state index in [-0.39, 0.29) is 0 Å². The van der Waals surface area contributed by atoms with Gasteiger partial charge >= 0.3 is 0 Å². The molecule has 0 fully saturated rings. The lowest BCUT2D eigenvalue weighted by Crippen LogP contribution is -2.08. The molecule has 3 N–H and O–H groups in total. The number of hydrogen-bond donors (Lipinski definition) is 2. The van der Waals surface area contributed by atoms with Crippen LogP contribution in [0.15, 0.2) is 29.4 Å². The van der Waals surface area contributed by atoms with Crippen LogP contribution in [0.5, 0.6) is 5.75 Å². The molecule has 0 aliphatic rings. The average molecular weight is 338 g/mol. The van der Waals surface area contributed by atoms with Crippen LogP contribution in [0, 0.1) is 0 Å². The predicted octanol–water partition coefficient (Wildman–Crippen LogP) is 1.71. The lowest BCUT2D eigenvalue weighted by atomic mass is 10.2. The van der Waals surface area contributed by atoms with Crippen LogP contribution in [0.1, 0.15) is 18.3 Å². The van der Waals surface area contributed by atoms with Crippen molar-refractivity contribution in [1.82, 2.24) is 14.8 Å². The van der Waals surface area contributed by atoms with Crippen LogP contribution in [0.25, 0.3) is 0 Å². The topological polar surface area (TPSA) is 103 Å². The number of benzene rings is 1. The first-order valence-electron chi connectivity index (χ1n) is 7.01. The summed E-state index contributed by atoms with van der Waals surface area (Å²) in [6, 6.07) is 8.04. The van der Waals surface area contributed by atoms with Crippen LogP contribution in [-0.4, -0.2) is 39.5 Å². The number of aliphatic carboxylic acids is 1. The van der Waals surface area contributed by atoms with Crippen molar-refractivity contribution in [2.45, 2.75) is 24.3 Å². The molecule has 2 aromatic rings. The number of carboxylic acid groups (broad SMARTS) is 1. The lowest BCUT2D eigenvalue weighted by Gasteiger charge is -2.05. The summed E-state index contributed by atoms with van der Waals surface area (Å²) in [7, 11) is 3.65. The third kappa shape index (κ3) is 6.70. The highest BCUT2D eigenvalue weighted by Gasteiger charge is 2.08. The van der Waals surface area contributed by atoms with Gasteiger partial charge in [-0.25, -0.2) is 0 Å². The Morgan fingerprint density at radius 3 is 2.74 bits per heavy atom. The molecule has 126 valence electrons. The van der Waals surface area contributed by atoms with Gasteiger partial charge in [0.25, 0.3) is 5.97 Å². The molecule has 8 heteroatoms. The van der Waals surface area contributed by atoms with Crippen molar-refractivity contribution in [3.8, 4) is 5.75 Å². The number of nitrogens with two attached hydrogens (primary N) is 1. The Hall–Kier alpha value is -2.06. The van der Waals surface area contributed by atoms with E-state index >= 15 is 0 Å². The number of rotatable bonds is 6. The zero-order valence-corrected chi connectivity index (χ0v) is 14.3. The Morgan fingerprint density at radius 1 is 1.43 bits per heavy atom. The van der Waals surface area contributed by atoms with E-state index < -0.39 is 5.97 Å². The first kappa shape index (κ1) is 19.0. The summed E-state index contributed by atoms with van der Waals surface area (Å²) < 4.78 is 7.21. The van der Waals surface area contributed by atoms with Gasteiger partial charge < -0.3 is 20.1 Å². The van der Waals surface area contributed by atoms with E-state index in [1.807, 2.05) is 29.8 Å². The molecule has 0 atom stereocenters. The van der Waals surface area contributed by atoms with E-state index in [4.69, 9.17) is 20.4 Å². The highest BCUT2D eigenvalue weighted by Crippen LogP contribution is 2.23. The summed E-state index contributed by atoms with van der Waals surface area (Å²) >= 11 is 1.66. The quantitative estimate of drug-likeness (QED) is 0.773. The van der Waals surface area contributed by atoms with Crippen molar-refractivity contribution >= 4 is 17.7 Å². The third-order valence-electron chi connectivity index (χ3n) is 2.80. The van der Waals surface area contributed by atoms with E-state index in [9.17, 15) is 0 Å². The molecular weight excluding hydrogens is 316 g/mol. The largest absolute Gasteiger partial charge is 0.497 e. The van der Waals surface area contributed by atoms with Gasteiger partial charge in [-0.1, -0.05) is 23.9 Å². The molecule has 0 spiro atoms. The normalized spacial score (nSPS) is 9.91. The molecule has 0 bridgehead atoms. The van der Waals surface area contributed by atoms with Crippen molar-refractivity contribution < 1.29 is 14.6 Å². The van der Waals surface area contributed by atoms with Gasteiger partial charge in [-0.3, -0.25) is 4.79 Å². The van der Waals surface area contributed by atoms with E-state index in [0.717, 1.165) is 35.8 Å². The molecule has 0 saturated heterocycles. The standard InChI is InChI=1S/C13H18N4OS.C2H4O2/c1-17-12(6-7-14)15-16-13(17)19-9-10-4-3-5-11(8-10)18-2;1-2(3)4/h3-5,8H,6-7,9,14H2,1-2H3;1H3,(H,3,4). The summed E-state index contributed by atoms with van der Waals surface area (Å²) in [6.45, 7) is 1.67. The molecule has 0 saturated carbocycles. The highest BCUT2D eigenvalue weighted by atomic mass is 32.2. The molecule has 0 aliphatic carbocycles. The fourth-order valence-corrected chi connectivity index (χ4v) is 2.60. The Labute approximate surface area is 139 Å². The number of thioether (sulfide) groups is 1. The van der Waals surface area contributed by atoms with E-state index in [2.05, 4.69) is 16.3 Å². The zero-order chi connectivity index (χ0) is 17.2. The molecule has 1 aromatic carbocycles. The maximum absolute atomic E-state index is 9.00. The van der Waals surface area contributed by atoms with Gasteiger partial charge in [0.2, 0.25) is 0 Å². The number of nitrogens with zero attached hydrogens (tertiary/aromatic N) is 3. The number of methoxy groups -OCH3 is 1. The van der Waals surface area contributed by atoms with Gasteiger partial charge in [0, 0.05) is 26.1 Å². The summed E-state index contributed by atoms with van der Waals surface area (Å²) in [5, 5.41) is 16.6. The third-order valence-corrected chi connectivity index (χ3v) is 3.89. The van der Waals surface area contributed by atoms with Gasteiger partial charge in [-0.05, 0) is 24.2 Å². The van der Waals surface area contributed by atoms with Gasteiger partial charge in [0.15, 0.2) is 5.16 Å². The summed E-state index contributed by atoms with van der Waals surface area (Å²) in [5.41, 5.74) is 6.74. The summed E-state index contributed by atoms with van der Waals surface area (Å²) in [5.74, 6) is 1.81. The molecule has 2 rings (SSSR count). The average Bonchev–Trinajstić information content (AvgIpc) is 2.86. The molecule has 0 aliphatic heterocycles. The number of ether oxygens (including phenoxy) is 1. The maximum atomic E-state index is 9.00. The fourth-order valence-electron chi connectivity index (χ4n) is 1.73. The van der Waals surface area contributed by atoms with Crippen molar-refractivity contribution in [1.29, 1.82) is 0 Å². The maximum Gasteiger partial charge on any atom is 0.300 e. The van der Waals surface area contributed by atoms with E-state index in [1.165, 1.54) is 5.56 Å². The minimum Gasteiger partial charge on any atom is -0.497 e. The van der Waals surface area contributed by atoms with Gasteiger partial charge in [0.1, 0.15) is 11.6 Å². The molecule has 7 nitrogen and oxygen atoms in total. The monoisotopic (exact) mass is 338 g/mol. The van der Waals surface area contributed by atoms with Crippen molar-refractivity contribution in [3.05, 3.63) is 35.7 Å². The van der Waals surface area contributed by atoms with Gasteiger partial charge in [-0.15, -0.1) is 10.2 Å². The second-order valence-corrected chi connectivity index (χ2v) is 5.60. The smallest absolute Gasteiger partial charge is 0.300 e. The van der Waals surface area contributed by atoms with Crippen LogP contribution >= 0.6 is 11.8 Å². The Bertz CT molecular complexity index is 627. The van der Waals surface area contributed by atoms with Crippen LogP contribution in [0.2, 0.25) is 0 Å². The number of carbonyl (C=O) groups is 1. The number of carboxylic acids is 1. The van der Waals surface area contributed by atoms with Gasteiger partial charge in [0.05, 0.1) is 7.11 Å². The predicted molar refractivity (Wildman–Crippen MR) is 89.6 cm³/mol. The molecule has 0 unspecified atom stereocenters. The summed E-state index contributed by atoms with van der Waals surface area (Å²) in [6.07, 6.45) is 0.753. The number of hydrogen-bond acceptors (Lipinski definition) is 6. The van der Waals surface area contributed by atoms with Crippen LogP contribution in [0.4, 0.5) is 0 Å². The molecule has 1 aromatic heterocycles. The van der Waals surface area contributed by atoms with E-state index in [0.29, 0.717) is 6.54 Å². The van der Waals surface area contributed by atoms with Crippen molar-refractivity contribution in [3.63, 3.8) is 0 Å². The van der Waals surface area contributed by atoms with E-state index in [1.54, 1.807) is 18.9 Å². The molecular formula is C15H22N4O3S. The van der Waals surface area contributed by atoms with Crippen LogP contribution in [-0.2, 0) is 24.0 Å². The molecule has 0 amide bonds. The van der Waals surface area contributed by atoms with Crippen LogP contribution in [0.3, 0.4) is 0 Å². The zero-order valence-electron chi connectivity index (χ0n) is 13.5. The minimum absolute atomic E-state index is 0.590. The fraction of sp³-hybridized carbons (Fsp3) is 0.400. The Balaban J connectivity index is 0.000000593. The SMILES string of the molecule is CC(=O)O.COc1cccc(CSc2nnc(CCN)n2C)c1. The second-order valence-electron chi connectivity index (χ2n) is 4.66. The Morgan fingerprint density at radius 2 is 2.13 bits per heavy atom. The first-order valence-corrected chi connectivity index (χ1v) is 8.00. The second kappa shape index (κ2) is 9.86. The molecule has 23 heavy (non-hydrogen) atoms. The highest BCUT2D eigenvalue weighted by molar-refractivity contribution is 7.98. The first-order chi connectivity index (χ1) is 11.0. The lowest BCUT2D eigenvalue weighted by molar-refractivity contribution is -0.134.